The molecule has 0 atom stereocenters. The molecule has 0 spiro atoms. The van der Waals surface area contributed by atoms with Crippen molar-refractivity contribution in [3.63, 3.8) is 0 Å². The van der Waals surface area contributed by atoms with Crippen LogP contribution < -0.4 is 9.47 Å². The molecular weight excluding hydrogens is 360 g/mol. The Balaban J connectivity index is 1.46. The SMILES string of the molecule is COc1ccc2c(OCc3nnc4ccc(-c5ccco5)nn34)ncnc2c1. The van der Waals surface area contributed by atoms with Crippen LogP contribution >= 0.6 is 0 Å². The molecule has 0 saturated carbocycles. The molecule has 9 heteroatoms. The molecule has 138 valence electrons. The van der Waals surface area contributed by atoms with Gasteiger partial charge in [0, 0.05) is 6.07 Å². The number of hydrogen-bond donors (Lipinski definition) is 0. The molecule has 4 aromatic heterocycles. The number of fused-ring (bicyclic) bond motifs is 2. The average Bonchev–Trinajstić information content (AvgIpc) is 3.41. The maximum Gasteiger partial charge on any atom is 0.224 e. The zero-order chi connectivity index (χ0) is 18.9. The van der Waals surface area contributed by atoms with E-state index in [0.29, 0.717) is 28.8 Å². The van der Waals surface area contributed by atoms with E-state index in [1.165, 1.54) is 6.33 Å². The standard InChI is InChI=1S/C19H14N6O3/c1-26-12-4-5-13-15(9-12)20-11-21-19(13)28-10-18-23-22-17-7-6-14(24-25(17)18)16-3-2-8-27-16/h2-9,11H,10H2,1H3. The van der Waals surface area contributed by atoms with Crippen LogP contribution in [-0.4, -0.2) is 36.9 Å². The number of ether oxygens (including phenoxy) is 2. The molecule has 0 bridgehead atoms. The molecule has 9 nitrogen and oxygen atoms in total. The summed E-state index contributed by atoms with van der Waals surface area (Å²) in [7, 11) is 1.61. The van der Waals surface area contributed by atoms with Crippen LogP contribution in [0.3, 0.4) is 0 Å². The molecule has 0 unspecified atom stereocenters. The molecule has 4 heterocycles. The minimum atomic E-state index is 0.147. The van der Waals surface area contributed by atoms with E-state index in [1.807, 2.05) is 42.5 Å². The number of hydrogen-bond acceptors (Lipinski definition) is 8. The number of nitrogens with zero attached hydrogens (tertiary/aromatic N) is 6. The third-order valence-corrected chi connectivity index (χ3v) is 4.25. The van der Waals surface area contributed by atoms with Gasteiger partial charge in [0.25, 0.3) is 0 Å². The van der Waals surface area contributed by atoms with Crippen molar-refractivity contribution >= 4 is 16.6 Å². The van der Waals surface area contributed by atoms with Crippen LogP contribution in [0.2, 0.25) is 0 Å². The van der Waals surface area contributed by atoms with Gasteiger partial charge in [0.1, 0.15) is 17.8 Å². The largest absolute Gasteiger partial charge is 0.497 e. The second-order valence-corrected chi connectivity index (χ2v) is 5.93. The monoisotopic (exact) mass is 374 g/mol. The first kappa shape index (κ1) is 16.2. The van der Waals surface area contributed by atoms with Crippen LogP contribution in [0.4, 0.5) is 0 Å². The Morgan fingerprint density at radius 3 is 2.89 bits per heavy atom. The van der Waals surface area contributed by atoms with Crippen molar-refractivity contribution in [1.82, 2.24) is 29.8 Å². The molecule has 0 N–H and O–H groups in total. The lowest BCUT2D eigenvalue weighted by Crippen LogP contribution is -2.05. The fourth-order valence-electron chi connectivity index (χ4n) is 2.87. The Kier molecular flexibility index (Phi) is 3.82. The maximum atomic E-state index is 5.90. The van der Waals surface area contributed by atoms with E-state index in [4.69, 9.17) is 13.9 Å². The van der Waals surface area contributed by atoms with Gasteiger partial charge in [-0.1, -0.05) is 0 Å². The predicted molar refractivity (Wildman–Crippen MR) is 98.9 cm³/mol. The lowest BCUT2D eigenvalue weighted by molar-refractivity contribution is 0.284. The Morgan fingerprint density at radius 2 is 2.04 bits per heavy atom. The van der Waals surface area contributed by atoms with E-state index in [-0.39, 0.29) is 6.61 Å². The molecule has 1 aromatic carbocycles. The van der Waals surface area contributed by atoms with Gasteiger partial charge >= 0.3 is 0 Å². The van der Waals surface area contributed by atoms with Crippen LogP contribution in [-0.2, 0) is 6.61 Å². The first-order valence-corrected chi connectivity index (χ1v) is 8.48. The second-order valence-electron chi connectivity index (χ2n) is 5.93. The molecule has 5 rings (SSSR count). The van der Waals surface area contributed by atoms with E-state index in [2.05, 4.69) is 25.3 Å². The Hall–Kier alpha value is -4.01. The molecule has 0 amide bonds. The fourth-order valence-corrected chi connectivity index (χ4v) is 2.87. The second kappa shape index (κ2) is 6.62. The van der Waals surface area contributed by atoms with Gasteiger partial charge in [0.05, 0.1) is 24.3 Å². The first-order chi connectivity index (χ1) is 13.8. The summed E-state index contributed by atoms with van der Waals surface area (Å²) in [5, 5.41) is 13.6. The van der Waals surface area contributed by atoms with Crippen molar-refractivity contribution in [3.05, 3.63) is 60.9 Å². The van der Waals surface area contributed by atoms with Crippen molar-refractivity contribution in [2.75, 3.05) is 7.11 Å². The van der Waals surface area contributed by atoms with E-state index >= 15 is 0 Å². The van der Waals surface area contributed by atoms with Crippen molar-refractivity contribution in [2.24, 2.45) is 0 Å². The van der Waals surface area contributed by atoms with E-state index in [9.17, 15) is 0 Å². The first-order valence-electron chi connectivity index (χ1n) is 8.48. The third kappa shape index (κ3) is 2.78. The molecule has 0 fully saturated rings. The smallest absolute Gasteiger partial charge is 0.224 e. The summed E-state index contributed by atoms with van der Waals surface area (Å²) >= 11 is 0. The molecule has 28 heavy (non-hydrogen) atoms. The van der Waals surface area contributed by atoms with Gasteiger partial charge in [-0.2, -0.15) is 9.61 Å². The van der Waals surface area contributed by atoms with Gasteiger partial charge in [-0.25, -0.2) is 9.97 Å². The maximum absolute atomic E-state index is 5.90. The number of methoxy groups -OCH3 is 1. The highest BCUT2D eigenvalue weighted by Crippen LogP contribution is 2.25. The summed E-state index contributed by atoms with van der Waals surface area (Å²) in [5.41, 5.74) is 2.03. The van der Waals surface area contributed by atoms with Gasteiger partial charge < -0.3 is 13.9 Å². The highest BCUT2D eigenvalue weighted by molar-refractivity contribution is 5.84. The summed E-state index contributed by atoms with van der Waals surface area (Å²) in [4.78, 5) is 8.49. The summed E-state index contributed by atoms with van der Waals surface area (Å²) in [5.74, 6) is 2.38. The number of furan rings is 1. The summed E-state index contributed by atoms with van der Waals surface area (Å²) in [6, 6.07) is 12.8. The van der Waals surface area contributed by atoms with Crippen molar-refractivity contribution in [2.45, 2.75) is 6.61 Å². The van der Waals surface area contributed by atoms with Gasteiger partial charge in [-0.05, 0) is 36.4 Å². The van der Waals surface area contributed by atoms with Crippen LogP contribution in [0.25, 0.3) is 28.0 Å². The Bertz CT molecular complexity index is 1270. The van der Waals surface area contributed by atoms with Crippen molar-refractivity contribution in [1.29, 1.82) is 0 Å². The number of benzene rings is 1. The summed E-state index contributed by atoms with van der Waals surface area (Å²) < 4.78 is 18.2. The van der Waals surface area contributed by atoms with E-state index in [1.54, 1.807) is 17.9 Å². The summed E-state index contributed by atoms with van der Waals surface area (Å²) in [6.45, 7) is 0.147. The van der Waals surface area contributed by atoms with Crippen LogP contribution in [0.15, 0.2) is 59.5 Å². The molecule has 0 aliphatic heterocycles. The zero-order valence-electron chi connectivity index (χ0n) is 14.8. The predicted octanol–water partition coefficient (Wildman–Crippen LogP) is 2.92. The van der Waals surface area contributed by atoms with Gasteiger partial charge in [-0.3, -0.25) is 0 Å². The highest BCUT2D eigenvalue weighted by atomic mass is 16.5. The molecule has 0 saturated heterocycles. The molecule has 5 aromatic rings. The Labute approximate surface area is 158 Å². The fraction of sp³-hybridized carbons (Fsp3) is 0.105. The lowest BCUT2D eigenvalue weighted by Gasteiger charge is -2.08. The van der Waals surface area contributed by atoms with Gasteiger partial charge in [-0.15, -0.1) is 10.2 Å². The third-order valence-electron chi connectivity index (χ3n) is 4.25. The van der Waals surface area contributed by atoms with Crippen molar-refractivity contribution < 1.29 is 13.9 Å². The molecular formula is C19H14N6O3. The highest BCUT2D eigenvalue weighted by Gasteiger charge is 2.12. The zero-order valence-corrected chi connectivity index (χ0v) is 14.8. The van der Waals surface area contributed by atoms with Crippen LogP contribution in [0.5, 0.6) is 11.6 Å². The molecule has 0 aliphatic carbocycles. The van der Waals surface area contributed by atoms with Crippen LogP contribution in [0, 0.1) is 0 Å². The van der Waals surface area contributed by atoms with Crippen LogP contribution in [0.1, 0.15) is 5.82 Å². The Morgan fingerprint density at radius 1 is 1.07 bits per heavy atom. The minimum absolute atomic E-state index is 0.147. The van der Waals surface area contributed by atoms with Gasteiger partial charge in [0.15, 0.2) is 23.8 Å². The van der Waals surface area contributed by atoms with Crippen molar-refractivity contribution in [3.8, 4) is 23.1 Å². The minimum Gasteiger partial charge on any atom is -0.497 e. The summed E-state index contributed by atoms with van der Waals surface area (Å²) in [6.07, 6.45) is 3.05. The normalized spacial score (nSPS) is 11.2. The quantitative estimate of drug-likeness (QED) is 0.463. The molecule has 0 aliphatic rings. The number of aromatic nitrogens is 6. The van der Waals surface area contributed by atoms with Gasteiger partial charge in [0.2, 0.25) is 5.88 Å². The average molecular weight is 374 g/mol. The van der Waals surface area contributed by atoms with E-state index < -0.39 is 0 Å². The lowest BCUT2D eigenvalue weighted by atomic mass is 10.2. The molecule has 0 radical (unpaired) electrons. The topological polar surface area (TPSA) is 100 Å². The number of rotatable bonds is 5. The van der Waals surface area contributed by atoms with E-state index in [0.717, 1.165) is 16.7 Å².